The van der Waals surface area contributed by atoms with Gasteiger partial charge in [-0.3, -0.25) is 4.79 Å². The third-order valence-corrected chi connectivity index (χ3v) is 3.23. The van der Waals surface area contributed by atoms with Gasteiger partial charge in [-0.15, -0.1) is 0 Å². The number of nitrogens with one attached hydrogen (secondary N) is 1. The predicted octanol–water partition coefficient (Wildman–Crippen LogP) is 3.80. The Balaban J connectivity index is 2.11. The van der Waals surface area contributed by atoms with E-state index < -0.39 is 0 Å². The van der Waals surface area contributed by atoms with Gasteiger partial charge >= 0.3 is 0 Å². The Morgan fingerprint density at radius 1 is 1.10 bits per heavy atom. The lowest BCUT2D eigenvalue weighted by molar-refractivity contribution is 0.0954. The topological polar surface area (TPSA) is 41.5 Å². The Bertz CT molecular complexity index is 648. The molecule has 2 aromatic rings. The molecule has 0 radical (unpaired) electrons. The highest BCUT2D eigenvalue weighted by atomic mass is 35.5. The minimum atomic E-state index is -0.212. The number of hydrogen-bond acceptors (Lipinski definition) is 2. The summed E-state index contributed by atoms with van der Waals surface area (Å²) < 4.78 is 0. The van der Waals surface area contributed by atoms with E-state index in [1.54, 1.807) is 18.2 Å². The molecule has 0 unspecified atom stereocenters. The van der Waals surface area contributed by atoms with Crippen molar-refractivity contribution in [3.63, 3.8) is 0 Å². The molecule has 0 aliphatic carbocycles. The Morgan fingerprint density at radius 2 is 1.75 bits per heavy atom. The number of rotatable bonds is 3. The summed E-state index contributed by atoms with van der Waals surface area (Å²) in [6.45, 7) is 3.73. The fourth-order valence-corrected chi connectivity index (χ4v) is 1.90. The molecule has 0 aromatic heterocycles. The molecule has 2 aromatic carbocycles. The maximum Gasteiger partial charge on any atom is 0.271 e. The molecule has 0 bridgehead atoms. The summed E-state index contributed by atoms with van der Waals surface area (Å²) in [6, 6.07) is 14.7. The summed E-state index contributed by atoms with van der Waals surface area (Å²) in [5.41, 5.74) is 5.76. The SMILES string of the molecule is C/C(=N/NC(=O)c1ccccc1C)c1ccc(Cl)cc1. The molecule has 0 atom stereocenters. The summed E-state index contributed by atoms with van der Waals surface area (Å²) >= 11 is 5.83. The van der Waals surface area contributed by atoms with Gasteiger partial charge in [0.2, 0.25) is 0 Å². The van der Waals surface area contributed by atoms with Crippen LogP contribution in [0.4, 0.5) is 0 Å². The number of amides is 1. The third-order valence-electron chi connectivity index (χ3n) is 2.98. The molecule has 0 aliphatic rings. The van der Waals surface area contributed by atoms with Gasteiger partial charge < -0.3 is 0 Å². The van der Waals surface area contributed by atoms with E-state index in [9.17, 15) is 4.79 Å². The van der Waals surface area contributed by atoms with Crippen molar-refractivity contribution >= 4 is 23.2 Å². The molecule has 3 nitrogen and oxygen atoms in total. The van der Waals surface area contributed by atoms with Gasteiger partial charge in [0, 0.05) is 10.6 Å². The average Bonchev–Trinajstić information content (AvgIpc) is 2.45. The van der Waals surface area contributed by atoms with Crippen molar-refractivity contribution in [2.24, 2.45) is 5.10 Å². The van der Waals surface area contributed by atoms with Gasteiger partial charge in [0.15, 0.2) is 0 Å². The molecule has 0 saturated heterocycles. The van der Waals surface area contributed by atoms with E-state index in [1.165, 1.54) is 0 Å². The van der Waals surface area contributed by atoms with Crippen LogP contribution in [0, 0.1) is 6.92 Å². The standard InChI is InChI=1S/C16H15ClN2O/c1-11-5-3-4-6-15(11)16(20)19-18-12(2)13-7-9-14(17)10-8-13/h3-10H,1-2H3,(H,19,20)/b18-12-. The molecular weight excluding hydrogens is 272 g/mol. The second kappa shape index (κ2) is 6.35. The Labute approximate surface area is 123 Å². The van der Waals surface area contributed by atoms with E-state index in [0.29, 0.717) is 10.6 Å². The van der Waals surface area contributed by atoms with Crippen LogP contribution in [-0.2, 0) is 0 Å². The van der Waals surface area contributed by atoms with Crippen LogP contribution in [-0.4, -0.2) is 11.6 Å². The molecule has 0 fully saturated rings. The van der Waals surface area contributed by atoms with E-state index in [4.69, 9.17) is 11.6 Å². The van der Waals surface area contributed by atoms with E-state index >= 15 is 0 Å². The largest absolute Gasteiger partial charge is 0.271 e. The number of hydrogen-bond donors (Lipinski definition) is 1. The maximum absolute atomic E-state index is 12.0. The van der Waals surface area contributed by atoms with Crippen LogP contribution >= 0.6 is 11.6 Å². The van der Waals surface area contributed by atoms with Crippen LogP contribution in [0.15, 0.2) is 53.6 Å². The van der Waals surface area contributed by atoms with Crippen LogP contribution in [0.1, 0.15) is 28.4 Å². The quantitative estimate of drug-likeness (QED) is 0.677. The number of nitrogens with zero attached hydrogens (tertiary/aromatic N) is 1. The van der Waals surface area contributed by atoms with Gasteiger partial charge in [0.05, 0.1) is 5.71 Å². The van der Waals surface area contributed by atoms with Gasteiger partial charge in [0.1, 0.15) is 0 Å². The van der Waals surface area contributed by atoms with Gasteiger partial charge in [-0.1, -0.05) is 41.9 Å². The Morgan fingerprint density at radius 3 is 2.40 bits per heavy atom. The zero-order chi connectivity index (χ0) is 14.5. The number of hydrazone groups is 1. The fourth-order valence-electron chi connectivity index (χ4n) is 1.78. The van der Waals surface area contributed by atoms with Crippen LogP contribution < -0.4 is 5.43 Å². The molecule has 0 spiro atoms. The normalized spacial score (nSPS) is 11.2. The minimum Gasteiger partial charge on any atom is -0.267 e. The second-order valence-corrected chi connectivity index (χ2v) is 4.90. The summed E-state index contributed by atoms with van der Waals surface area (Å²) in [5.74, 6) is -0.212. The van der Waals surface area contributed by atoms with Crippen LogP contribution in [0.2, 0.25) is 5.02 Å². The maximum atomic E-state index is 12.0. The molecule has 4 heteroatoms. The van der Waals surface area contributed by atoms with Crippen molar-refractivity contribution in [2.45, 2.75) is 13.8 Å². The Hall–Kier alpha value is -2.13. The first-order valence-corrected chi connectivity index (χ1v) is 6.62. The number of benzene rings is 2. The van der Waals surface area contributed by atoms with Gasteiger partial charge in [-0.05, 0) is 43.2 Å². The lowest BCUT2D eigenvalue weighted by Crippen LogP contribution is -2.20. The highest BCUT2D eigenvalue weighted by Gasteiger charge is 2.07. The predicted molar refractivity (Wildman–Crippen MR) is 82.3 cm³/mol. The fraction of sp³-hybridized carbons (Fsp3) is 0.125. The first-order chi connectivity index (χ1) is 9.58. The summed E-state index contributed by atoms with van der Waals surface area (Å²) in [6.07, 6.45) is 0. The summed E-state index contributed by atoms with van der Waals surface area (Å²) in [4.78, 5) is 12.0. The van der Waals surface area contributed by atoms with Crippen molar-refractivity contribution < 1.29 is 4.79 Å². The number of aryl methyl sites for hydroxylation is 1. The first-order valence-electron chi connectivity index (χ1n) is 6.24. The van der Waals surface area contributed by atoms with Crippen molar-refractivity contribution in [1.82, 2.24) is 5.43 Å². The molecule has 1 amide bonds. The highest BCUT2D eigenvalue weighted by Crippen LogP contribution is 2.10. The van der Waals surface area contributed by atoms with Crippen molar-refractivity contribution in [1.29, 1.82) is 0 Å². The van der Waals surface area contributed by atoms with E-state index in [1.807, 2.05) is 44.2 Å². The Kier molecular flexibility index (Phi) is 4.53. The number of carbonyl (C=O) groups is 1. The van der Waals surface area contributed by atoms with Crippen molar-refractivity contribution in [2.75, 3.05) is 0 Å². The second-order valence-electron chi connectivity index (χ2n) is 4.46. The number of halogens is 1. The smallest absolute Gasteiger partial charge is 0.267 e. The monoisotopic (exact) mass is 286 g/mol. The first kappa shape index (κ1) is 14.3. The zero-order valence-electron chi connectivity index (χ0n) is 11.4. The van der Waals surface area contributed by atoms with Gasteiger partial charge in [-0.2, -0.15) is 5.10 Å². The van der Waals surface area contributed by atoms with E-state index in [-0.39, 0.29) is 5.91 Å². The molecule has 0 saturated carbocycles. The lowest BCUT2D eigenvalue weighted by Gasteiger charge is -2.05. The van der Waals surface area contributed by atoms with Crippen LogP contribution in [0.25, 0.3) is 0 Å². The van der Waals surface area contributed by atoms with Crippen molar-refractivity contribution in [3.8, 4) is 0 Å². The average molecular weight is 287 g/mol. The van der Waals surface area contributed by atoms with E-state index in [0.717, 1.165) is 16.8 Å². The molecule has 2 rings (SSSR count). The molecular formula is C16H15ClN2O. The molecule has 0 aliphatic heterocycles. The van der Waals surface area contributed by atoms with E-state index in [2.05, 4.69) is 10.5 Å². The van der Waals surface area contributed by atoms with Gasteiger partial charge in [-0.25, -0.2) is 5.43 Å². The molecule has 1 N–H and O–H groups in total. The molecule has 20 heavy (non-hydrogen) atoms. The van der Waals surface area contributed by atoms with Crippen LogP contribution in [0.5, 0.6) is 0 Å². The zero-order valence-corrected chi connectivity index (χ0v) is 12.1. The van der Waals surface area contributed by atoms with Crippen LogP contribution in [0.3, 0.4) is 0 Å². The lowest BCUT2D eigenvalue weighted by atomic mass is 10.1. The molecule has 0 heterocycles. The highest BCUT2D eigenvalue weighted by molar-refractivity contribution is 6.30. The summed E-state index contributed by atoms with van der Waals surface area (Å²) in [7, 11) is 0. The third kappa shape index (κ3) is 3.45. The van der Waals surface area contributed by atoms with Gasteiger partial charge in [0.25, 0.3) is 5.91 Å². The molecule has 102 valence electrons. The minimum absolute atomic E-state index is 0.212. The van der Waals surface area contributed by atoms with Crippen molar-refractivity contribution in [3.05, 3.63) is 70.2 Å². The number of carbonyl (C=O) groups excluding carboxylic acids is 1. The summed E-state index contributed by atoms with van der Waals surface area (Å²) in [5, 5.41) is 4.79.